The molecule has 0 aromatic heterocycles. The van der Waals surface area contributed by atoms with Crippen LogP contribution in [0, 0.1) is 0 Å². The van der Waals surface area contributed by atoms with Gasteiger partial charge in [0.05, 0.1) is 13.0 Å². The van der Waals surface area contributed by atoms with Crippen LogP contribution in [-0.2, 0) is 9.59 Å². The van der Waals surface area contributed by atoms with Crippen LogP contribution >= 0.6 is 0 Å². The molecule has 7 nitrogen and oxygen atoms in total. The summed E-state index contributed by atoms with van der Waals surface area (Å²) in [5.41, 5.74) is 5.46. The van der Waals surface area contributed by atoms with Gasteiger partial charge >= 0.3 is 5.97 Å². The minimum Gasteiger partial charge on any atom is -0.493 e. The van der Waals surface area contributed by atoms with Gasteiger partial charge in [0, 0.05) is 5.56 Å². The summed E-state index contributed by atoms with van der Waals surface area (Å²) < 4.78 is 5.29. The average molecular weight is 280 g/mol. The average Bonchev–Trinajstić information content (AvgIpc) is 2.39. The molecule has 0 fully saturated rings. The minimum absolute atomic E-state index is 0.0369. The van der Waals surface area contributed by atoms with Crippen LogP contribution in [0.2, 0.25) is 0 Å². The smallest absolute Gasteiger partial charge is 0.325 e. The summed E-state index contributed by atoms with van der Waals surface area (Å²) in [6.45, 7) is 1.48. The fraction of sp³-hybridized carbons (Fsp3) is 0.308. The van der Waals surface area contributed by atoms with Crippen molar-refractivity contribution in [2.24, 2.45) is 5.73 Å². The van der Waals surface area contributed by atoms with Crippen molar-refractivity contribution in [3.8, 4) is 5.75 Å². The summed E-state index contributed by atoms with van der Waals surface area (Å²) in [5, 5.41) is 10.9. The Morgan fingerprint density at radius 3 is 2.40 bits per heavy atom. The molecule has 0 bridgehead atoms. The van der Waals surface area contributed by atoms with Crippen molar-refractivity contribution in [3.63, 3.8) is 0 Å². The maximum Gasteiger partial charge on any atom is 0.325 e. The number of carboxylic acids is 1. The van der Waals surface area contributed by atoms with Crippen LogP contribution in [-0.4, -0.2) is 35.5 Å². The number of hydrogen-bond acceptors (Lipinski definition) is 4. The second-order valence-corrected chi connectivity index (χ2v) is 4.11. The molecular weight excluding hydrogens is 264 g/mol. The van der Waals surface area contributed by atoms with Crippen molar-refractivity contribution in [1.29, 1.82) is 0 Å². The van der Waals surface area contributed by atoms with E-state index in [-0.39, 0.29) is 13.0 Å². The third kappa shape index (κ3) is 4.97. The van der Waals surface area contributed by atoms with Gasteiger partial charge in [0.25, 0.3) is 0 Å². The number of carbonyl (C=O) groups excluding carboxylic acids is 2. The van der Waals surface area contributed by atoms with Crippen molar-refractivity contribution >= 4 is 17.8 Å². The Morgan fingerprint density at radius 2 is 1.90 bits per heavy atom. The molecule has 4 N–H and O–H groups in total. The number of nitrogens with one attached hydrogen (secondary N) is 1. The number of nitrogens with two attached hydrogens (primary N) is 1. The van der Waals surface area contributed by atoms with Gasteiger partial charge in [-0.3, -0.25) is 14.4 Å². The molecule has 0 aliphatic heterocycles. The molecule has 0 saturated carbocycles. The topological polar surface area (TPSA) is 119 Å². The van der Waals surface area contributed by atoms with Crippen molar-refractivity contribution in [2.45, 2.75) is 19.4 Å². The molecule has 20 heavy (non-hydrogen) atoms. The van der Waals surface area contributed by atoms with E-state index in [1.54, 1.807) is 12.1 Å². The van der Waals surface area contributed by atoms with Crippen LogP contribution in [0.3, 0.4) is 0 Å². The van der Waals surface area contributed by atoms with Gasteiger partial charge in [-0.15, -0.1) is 0 Å². The Kier molecular flexibility index (Phi) is 5.52. The zero-order valence-corrected chi connectivity index (χ0v) is 11.0. The molecule has 1 atom stereocenters. The molecule has 1 rings (SSSR count). The van der Waals surface area contributed by atoms with E-state index in [2.05, 4.69) is 5.32 Å². The number of benzene rings is 1. The quantitative estimate of drug-likeness (QED) is 0.656. The molecule has 0 heterocycles. The lowest BCUT2D eigenvalue weighted by Gasteiger charge is -2.10. The van der Waals surface area contributed by atoms with Crippen LogP contribution < -0.4 is 15.8 Å². The summed E-state index contributed by atoms with van der Waals surface area (Å²) in [6, 6.07) is 5.24. The van der Waals surface area contributed by atoms with E-state index in [9.17, 15) is 14.4 Å². The maximum atomic E-state index is 11.4. The van der Waals surface area contributed by atoms with E-state index in [1.807, 2.05) is 0 Å². The predicted octanol–water partition coefficient (Wildman–Crippen LogP) is 0.144. The summed E-state index contributed by atoms with van der Waals surface area (Å²) in [4.78, 5) is 32.8. The lowest BCUT2D eigenvalue weighted by Crippen LogP contribution is -2.38. The lowest BCUT2D eigenvalue weighted by molar-refractivity contribution is -0.141. The highest BCUT2D eigenvalue weighted by Gasteiger charge is 2.13. The highest BCUT2D eigenvalue weighted by atomic mass is 16.5. The second kappa shape index (κ2) is 7.13. The van der Waals surface area contributed by atoms with Gasteiger partial charge in [-0.05, 0) is 31.2 Å². The van der Waals surface area contributed by atoms with Crippen molar-refractivity contribution in [3.05, 3.63) is 29.8 Å². The summed E-state index contributed by atoms with van der Waals surface area (Å²) in [5.74, 6) is -1.54. The molecule has 0 aliphatic rings. The molecule has 2 amide bonds. The molecule has 1 aromatic carbocycles. The molecule has 7 heteroatoms. The third-order valence-electron chi connectivity index (χ3n) is 2.48. The van der Waals surface area contributed by atoms with Gasteiger partial charge in [0.1, 0.15) is 11.8 Å². The monoisotopic (exact) mass is 280 g/mol. The van der Waals surface area contributed by atoms with Crippen molar-refractivity contribution < 1.29 is 24.2 Å². The van der Waals surface area contributed by atoms with Gasteiger partial charge in [0.15, 0.2) is 0 Å². The molecule has 1 aromatic rings. The number of primary amides is 1. The van der Waals surface area contributed by atoms with Crippen LogP contribution in [0.25, 0.3) is 0 Å². The number of aliphatic carboxylic acids is 1. The van der Waals surface area contributed by atoms with Gasteiger partial charge in [-0.2, -0.15) is 0 Å². The first-order valence-corrected chi connectivity index (χ1v) is 5.95. The van der Waals surface area contributed by atoms with Crippen LogP contribution in [0.4, 0.5) is 0 Å². The van der Waals surface area contributed by atoms with E-state index < -0.39 is 23.8 Å². The van der Waals surface area contributed by atoms with E-state index in [1.165, 1.54) is 19.1 Å². The normalized spacial score (nSPS) is 11.4. The first kappa shape index (κ1) is 15.5. The lowest BCUT2D eigenvalue weighted by atomic mass is 10.2. The Labute approximate surface area is 115 Å². The van der Waals surface area contributed by atoms with E-state index in [0.29, 0.717) is 11.3 Å². The van der Waals surface area contributed by atoms with Crippen molar-refractivity contribution in [2.75, 3.05) is 6.61 Å². The van der Waals surface area contributed by atoms with E-state index in [4.69, 9.17) is 15.6 Å². The molecular formula is C13H16N2O5. The van der Waals surface area contributed by atoms with E-state index >= 15 is 0 Å². The molecule has 0 saturated heterocycles. The Morgan fingerprint density at radius 1 is 1.30 bits per heavy atom. The molecule has 0 spiro atoms. The third-order valence-corrected chi connectivity index (χ3v) is 2.48. The fourth-order valence-corrected chi connectivity index (χ4v) is 1.35. The zero-order valence-electron chi connectivity index (χ0n) is 11.0. The van der Waals surface area contributed by atoms with Gasteiger partial charge in [0.2, 0.25) is 11.8 Å². The molecule has 0 aliphatic carbocycles. The number of carboxylic acid groups (broad SMARTS) is 1. The van der Waals surface area contributed by atoms with Gasteiger partial charge in [-0.25, -0.2) is 0 Å². The number of ether oxygens (including phenoxy) is 1. The summed E-state index contributed by atoms with van der Waals surface area (Å²) in [7, 11) is 0. The Hall–Kier alpha value is -2.57. The Balaban J connectivity index is 2.35. The molecule has 0 unspecified atom stereocenters. The maximum absolute atomic E-state index is 11.4. The van der Waals surface area contributed by atoms with Crippen LogP contribution in [0.15, 0.2) is 24.3 Å². The van der Waals surface area contributed by atoms with Crippen molar-refractivity contribution in [1.82, 2.24) is 5.32 Å². The second-order valence-electron chi connectivity index (χ2n) is 4.11. The first-order chi connectivity index (χ1) is 9.40. The summed E-state index contributed by atoms with van der Waals surface area (Å²) >= 11 is 0. The Bertz CT molecular complexity index is 498. The zero-order chi connectivity index (χ0) is 15.1. The van der Waals surface area contributed by atoms with E-state index in [0.717, 1.165) is 0 Å². The summed E-state index contributed by atoms with van der Waals surface area (Å²) in [6.07, 6.45) is 0.0369. The molecule has 0 radical (unpaired) electrons. The van der Waals surface area contributed by atoms with Gasteiger partial charge < -0.3 is 20.9 Å². The number of carbonyl (C=O) groups is 3. The fourth-order valence-electron chi connectivity index (χ4n) is 1.35. The molecule has 108 valence electrons. The number of amides is 2. The van der Waals surface area contributed by atoms with Crippen LogP contribution in [0.1, 0.15) is 23.7 Å². The van der Waals surface area contributed by atoms with Crippen LogP contribution in [0.5, 0.6) is 5.75 Å². The number of rotatable bonds is 7. The highest BCUT2D eigenvalue weighted by molar-refractivity contribution is 5.92. The largest absolute Gasteiger partial charge is 0.493 e. The highest BCUT2D eigenvalue weighted by Crippen LogP contribution is 2.11. The predicted molar refractivity (Wildman–Crippen MR) is 70.3 cm³/mol. The SMILES string of the molecule is C[C@H](NC(=O)CCOc1ccc(C(N)=O)cc1)C(=O)O. The first-order valence-electron chi connectivity index (χ1n) is 5.95. The minimum atomic E-state index is -1.10. The number of hydrogen-bond donors (Lipinski definition) is 3. The standard InChI is InChI=1S/C13H16N2O5/c1-8(13(18)19)15-11(16)6-7-20-10-4-2-9(3-5-10)12(14)17/h2-5,8H,6-7H2,1H3,(H2,14,17)(H,15,16)(H,18,19)/t8-/m0/s1. The van der Waals surface area contributed by atoms with Gasteiger partial charge in [-0.1, -0.05) is 0 Å².